The third-order valence-electron chi connectivity index (χ3n) is 5.08. The van der Waals surface area contributed by atoms with Gasteiger partial charge < -0.3 is 34.2 Å². The number of hydrogen-bond acceptors (Lipinski definition) is 11. The number of carboxylic acid groups (broad SMARTS) is 1. The van der Waals surface area contributed by atoms with Crippen LogP contribution in [-0.4, -0.2) is 41.0 Å². The molecule has 0 unspecified atom stereocenters. The lowest BCUT2D eigenvalue weighted by Gasteiger charge is -2.11. The summed E-state index contributed by atoms with van der Waals surface area (Å²) in [6.07, 6.45) is 0. The molecule has 0 saturated carbocycles. The predicted molar refractivity (Wildman–Crippen MR) is 194 cm³/mol. The van der Waals surface area contributed by atoms with E-state index in [1.54, 1.807) is 0 Å². The minimum absolute atomic E-state index is 0. The van der Waals surface area contributed by atoms with Gasteiger partial charge in [0.2, 0.25) is 33.7 Å². The van der Waals surface area contributed by atoms with E-state index in [9.17, 15) is 0 Å². The molecule has 0 aliphatic rings. The van der Waals surface area contributed by atoms with Gasteiger partial charge in [-0.3, -0.25) is 4.79 Å². The number of aromatic nitrogens is 6. The molecule has 48 heavy (non-hydrogen) atoms. The molecule has 0 bridgehead atoms. The smallest absolute Gasteiger partial charge is 0.300 e. The zero-order valence-electron chi connectivity index (χ0n) is 25.8. The van der Waals surface area contributed by atoms with Crippen molar-refractivity contribution in [1.82, 2.24) is 29.9 Å². The number of nitrogen functional groups attached to an aromatic ring is 1. The van der Waals surface area contributed by atoms with Crippen LogP contribution >= 0.6 is 34.8 Å². The largest absolute Gasteiger partial charge is 0.481 e. The molecule has 2 aromatic heterocycles. The molecule has 0 atom stereocenters. The van der Waals surface area contributed by atoms with Crippen molar-refractivity contribution in [2.24, 2.45) is 0 Å². The number of carbonyl (C=O) groups is 1. The number of nitrogens with zero attached hydrogens (tertiary/aromatic N) is 6. The first-order valence-corrected chi connectivity index (χ1v) is 14.7. The molecular formula is C33H32Cl3N10O2-. The van der Waals surface area contributed by atoms with Gasteiger partial charge in [-0.15, -0.1) is 0 Å². The highest BCUT2D eigenvalue weighted by Gasteiger charge is 2.08. The van der Waals surface area contributed by atoms with Crippen LogP contribution in [-0.2, 0) is 4.79 Å². The highest BCUT2D eigenvalue weighted by molar-refractivity contribution is 6.33. The van der Waals surface area contributed by atoms with Gasteiger partial charge in [-0.25, -0.2) is 0 Å². The molecule has 6 aromatic rings. The second-order valence-electron chi connectivity index (χ2n) is 8.85. The first-order chi connectivity index (χ1) is 22.7. The van der Waals surface area contributed by atoms with E-state index < -0.39 is 5.97 Å². The third kappa shape index (κ3) is 16.1. The predicted octanol–water partition coefficient (Wildman–Crippen LogP) is 8.74. The second kappa shape index (κ2) is 21.3. The molecule has 0 fully saturated rings. The lowest BCUT2D eigenvalue weighted by Crippen LogP contribution is -2.07. The average Bonchev–Trinajstić information content (AvgIpc) is 3.03. The fourth-order valence-corrected chi connectivity index (χ4v) is 3.86. The highest BCUT2D eigenvalue weighted by Crippen LogP contribution is 2.20. The van der Waals surface area contributed by atoms with Crippen LogP contribution in [0.4, 0.5) is 40.6 Å². The number of halogens is 3. The summed E-state index contributed by atoms with van der Waals surface area (Å²) in [6.45, 7) is 1.08. The molecule has 12 nitrogen and oxygen atoms in total. The van der Waals surface area contributed by atoms with Gasteiger partial charge in [-0.05, 0) is 83.3 Å². The Morgan fingerprint density at radius 1 is 0.521 bits per heavy atom. The van der Waals surface area contributed by atoms with Gasteiger partial charge in [0.1, 0.15) is 0 Å². The Labute approximate surface area is 293 Å². The van der Waals surface area contributed by atoms with E-state index in [-0.39, 0.29) is 23.3 Å². The van der Waals surface area contributed by atoms with Crippen molar-refractivity contribution in [3.05, 3.63) is 145 Å². The highest BCUT2D eigenvalue weighted by atomic mass is 35.5. The summed E-state index contributed by atoms with van der Waals surface area (Å²) >= 11 is 16.0. The topological polar surface area (TPSA) is 177 Å². The number of anilines is 7. The van der Waals surface area contributed by atoms with Crippen molar-refractivity contribution in [2.45, 2.75) is 6.92 Å². The fourth-order valence-electron chi connectivity index (χ4n) is 3.25. The molecule has 0 aliphatic carbocycles. The quantitative estimate of drug-likeness (QED) is 0.0823. The van der Waals surface area contributed by atoms with E-state index >= 15 is 0 Å². The first kappa shape index (κ1) is 38.6. The maximum atomic E-state index is 9.00. The minimum atomic E-state index is -0.833. The van der Waals surface area contributed by atoms with Gasteiger partial charge >= 0.3 is 0 Å². The standard InChI is InChI=1S/C21H18N6.C6H7N.C3Cl3N3.C2H4O2.CH3/c1-4-10-16(11-5-1)22-19-25-20(23-17-12-6-2-7-13-17)27-21(26-19)24-18-14-8-3-9-15-18;7-6-4-2-1-3-5-6;4-1-7-2(5)9-3(6)8-1;1-2(3)4;/h1-15H,(H3,22,23,24,25,26,27);1-5H,7H2;;1H3,(H,3,4);1H3/q;;;;-1. The Morgan fingerprint density at radius 2 is 0.750 bits per heavy atom. The van der Waals surface area contributed by atoms with Crippen molar-refractivity contribution in [2.75, 3.05) is 21.7 Å². The van der Waals surface area contributed by atoms with Crippen LogP contribution in [0, 0.1) is 7.43 Å². The molecule has 0 spiro atoms. The number of para-hydroxylation sites is 4. The van der Waals surface area contributed by atoms with Crippen LogP contribution < -0.4 is 21.7 Å². The number of carboxylic acids is 1. The van der Waals surface area contributed by atoms with Gasteiger partial charge in [-0.2, -0.15) is 29.9 Å². The lowest BCUT2D eigenvalue weighted by molar-refractivity contribution is -0.134. The lowest BCUT2D eigenvalue weighted by atomic mass is 10.3. The summed E-state index contributed by atoms with van der Waals surface area (Å²) < 4.78 is 0. The Bertz CT molecular complexity index is 1590. The van der Waals surface area contributed by atoms with Crippen LogP contribution in [0.15, 0.2) is 121 Å². The van der Waals surface area contributed by atoms with Gasteiger partial charge in [0.25, 0.3) is 5.97 Å². The van der Waals surface area contributed by atoms with Gasteiger partial charge in [-0.1, -0.05) is 72.8 Å². The average molecular weight is 707 g/mol. The molecule has 4 aromatic carbocycles. The fraction of sp³-hybridized carbons (Fsp3) is 0.0303. The summed E-state index contributed by atoms with van der Waals surface area (Å²) in [5.41, 5.74) is 8.89. The van der Waals surface area contributed by atoms with Crippen LogP contribution in [0.25, 0.3) is 0 Å². The van der Waals surface area contributed by atoms with Crippen molar-refractivity contribution in [3.63, 3.8) is 0 Å². The zero-order chi connectivity index (χ0) is 33.9. The number of hydrogen-bond donors (Lipinski definition) is 5. The van der Waals surface area contributed by atoms with Crippen LogP contribution in [0.1, 0.15) is 6.92 Å². The van der Waals surface area contributed by atoms with E-state index in [1.165, 1.54) is 0 Å². The van der Waals surface area contributed by atoms with E-state index in [0.717, 1.165) is 29.7 Å². The molecule has 0 saturated heterocycles. The number of benzene rings is 4. The van der Waals surface area contributed by atoms with Crippen molar-refractivity contribution >= 4 is 81.4 Å². The Hall–Kier alpha value is -5.56. The van der Waals surface area contributed by atoms with E-state index in [4.69, 9.17) is 50.4 Å². The summed E-state index contributed by atoms with van der Waals surface area (Å²) in [5.74, 6) is 0.522. The molecule has 15 heteroatoms. The van der Waals surface area contributed by atoms with Crippen LogP contribution in [0.5, 0.6) is 0 Å². The SMILES string of the molecule is CC(=O)O.Clc1nc(Cl)nc(Cl)n1.Nc1ccccc1.[CH3-].c1ccc(Nc2nc(Nc3ccccc3)nc(Nc3ccccc3)n2)cc1. The van der Waals surface area contributed by atoms with Crippen LogP contribution in [0.2, 0.25) is 15.9 Å². The van der Waals surface area contributed by atoms with Gasteiger partial charge in [0.05, 0.1) is 0 Å². The van der Waals surface area contributed by atoms with Crippen molar-refractivity contribution in [1.29, 1.82) is 0 Å². The molecular weight excluding hydrogens is 675 g/mol. The summed E-state index contributed by atoms with van der Waals surface area (Å²) in [6, 6.07) is 38.8. The van der Waals surface area contributed by atoms with E-state index in [0.29, 0.717) is 17.8 Å². The maximum absolute atomic E-state index is 9.00. The van der Waals surface area contributed by atoms with E-state index in [1.807, 2.05) is 121 Å². The van der Waals surface area contributed by atoms with Crippen LogP contribution in [0.3, 0.4) is 0 Å². The monoisotopic (exact) mass is 705 g/mol. The summed E-state index contributed by atoms with van der Waals surface area (Å²) in [4.78, 5) is 32.8. The Balaban J connectivity index is 0.000000310. The van der Waals surface area contributed by atoms with E-state index in [2.05, 4.69) is 45.9 Å². The van der Waals surface area contributed by atoms with Crippen molar-refractivity contribution in [3.8, 4) is 0 Å². The molecule has 248 valence electrons. The van der Waals surface area contributed by atoms with Crippen molar-refractivity contribution < 1.29 is 9.90 Å². The normalized spacial score (nSPS) is 9.33. The number of nitrogens with two attached hydrogens (primary N) is 1. The molecule has 6 N–H and O–H groups in total. The molecule has 0 amide bonds. The molecule has 0 radical (unpaired) electrons. The second-order valence-corrected chi connectivity index (χ2v) is 9.87. The summed E-state index contributed by atoms with van der Waals surface area (Å²) in [7, 11) is 0. The first-order valence-electron chi connectivity index (χ1n) is 13.6. The Kier molecular flexibility index (Phi) is 17.1. The number of nitrogens with one attached hydrogen (secondary N) is 3. The zero-order valence-corrected chi connectivity index (χ0v) is 28.1. The number of rotatable bonds is 6. The number of aliphatic carboxylic acids is 1. The molecule has 6 rings (SSSR count). The van der Waals surface area contributed by atoms with Gasteiger partial charge in [0.15, 0.2) is 0 Å². The summed E-state index contributed by atoms with van der Waals surface area (Å²) in [5, 5.41) is 17.1. The molecule has 0 aliphatic heterocycles. The van der Waals surface area contributed by atoms with Gasteiger partial charge in [0, 0.05) is 29.7 Å². The molecule has 2 heterocycles. The maximum Gasteiger partial charge on any atom is 0.300 e. The Morgan fingerprint density at radius 3 is 0.958 bits per heavy atom. The third-order valence-corrected chi connectivity index (χ3v) is 5.59. The minimum Gasteiger partial charge on any atom is -0.481 e.